The molecular weight excluding hydrogens is 248 g/mol. The molecule has 0 fully saturated rings. The fourth-order valence-electron chi connectivity index (χ4n) is 1.95. The SMILES string of the molecule is COc1cc(OC)c(C(C(N)=O)N(C)C)cc1OC. The largest absolute Gasteiger partial charge is 0.496 e. The molecule has 106 valence electrons. The highest BCUT2D eigenvalue weighted by molar-refractivity contribution is 5.82. The van der Waals surface area contributed by atoms with Gasteiger partial charge in [-0.1, -0.05) is 0 Å². The Labute approximate surface area is 113 Å². The van der Waals surface area contributed by atoms with Crippen LogP contribution >= 0.6 is 0 Å². The second-order valence-electron chi connectivity index (χ2n) is 4.22. The number of methoxy groups -OCH3 is 3. The average Bonchev–Trinajstić information content (AvgIpc) is 2.37. The summed E-state index contributed by atoms with van der Waals surface area (Å²) >= 11 is 0. The van der Waals surface area contributed by atoms with Gasteiger partial charge in [0.15, 0.2) is 11.5 Å². The minimum Gasteiger partial charge on any atom is -0.496 e. The number of rotatable bonds is 6. The molecule has 1 amide bonds. The number of hydrogen-bond acceptors (Lipinski definition) is 5. The number of nitrogens with two attached hydrogens (primary N) is 1. The van der Waals surface area contributed by atoms with E-state index in [2.05, 4.69) is 0 Å². The maximum absolute atomic E-state index is 11.6. The summed E-state index contributed by atoms with van der Waals surface area (Å²) in [6, 6.07) is 2.77. The van der Waals surface area contributed by atoms with Crippen LogP contribution in [0.15, 0.2) is 12.1 Å². The first-order valence-corrected chi connectivity index (χ1v) is 5.71. The summed E-state index contributed by atoms with van der Waals surface area (Å²) in [5.74, 6) is 1.11. The molecule has 0 aliphatic rings. The lowest BCUT2D eigenvalue weighted by Crippen LogP contribution is -2.33. The van der Waals surface area contributed by atoms with E-state index in [4.69, 9.17) is 19.9 Å². The Kier molecular flexibility index (Phi) is 5.00. The first-order chi connectivity index (χ1) is 8.96. The normalized spacial score (nSPS) is 12.1. The van der Waals surface area contributed by atoms with Crippen LogP contribution in [0.2, 0.25) is 0 Å². The quantitative estimate of drug-likeness (QED) is 0.826. The molecule has 0 saturated carbocycles. The Morgan fingerprint density at radius 1 is 1.05 bits per heavy atom. The Morgan fingerprint density at radius 2 is 1.53 bits per heavy atom. The van der Waals surface area contributed by atoms with Crippen molar-refractivity contribution in [3.05, 3.63) is 17.7 Å². The highest BCUT2D eigenvalue weighted by atomic mass is 16.5. The molecule has 1 aromatic carbocycles. The summed E-state index contributed by atoms with van der Waals surface area (Å²) in [6.45, 7) is 0. The molecule has 0 aromatic heterocycles. The van der Waals surface area contributed by atoms with Crippen molar-refractivity contribution in [3.8, 4) is 17.2 Å². The summed E-state index contributed by atoms with van der Waals surface area (Å²) in [6.07, 6.45) is 0. The lowest BCUT2D eigenvalue weighted by molar-refractivity contribution is -0.122. The van der Waals surface area contributed by atoms with E-state index in [1.807, 2.05) is 0 Å². The lowest BCUT2D eigenvalue weighted by Gasteiger charge is -2.24. The number of carbonyl (C=O) groups is 1. The van der Waals surface area contributed by atoms with Crippen LogP contribution in [0.3, 0.4) is 0 Å². The van der Waals surface area contributed by atoms with E-state index in [0.29, 0.717) is 22.8 Å². The van der Waals surface area contributed by atoms with Gasteiger partial charge in [0.2, 0.25) is 5.91 Å². The van der Waals surface area contributed by atoms with Gasteiger partial charge in [0.25, 0.3) is 0 Å². The van der Waals surface area contributed by atoms with Crippen molar-refractivity contribution in [1.82, 2.24) is 4.90 Å². The van der Waals surface area contributed by atoms with Crippen LogP contribution in [-0.2, 0) is 4.79 Å². The standard InChI is InChI=1S/C13H20N2O4/c1-15(2)12(13(14)16)8-6-10(18-4)11(19-5)7-9(8)17-3/h6-7,12H,1-5H3,(H2,14,16). The number of carbonyl (C=O) groups excluding carboxylic acids is 1. The van der Waals surface area contributed by atoms with Crippen LogP contribution in [0.25, 0.3) is 0 Å². The van der Waals surface area contributed by atoms with Crippen LogP contribution in [-0.4, -0.2) is 46.2 Å². The molecule has 0 heterocycles. The first-order valence-electron chi connectivity index (χ1n) is 5.71. The second kappa shape index (κ2) is 6.29. The van der Waals surface area contributed by atoms with E-state index in [9.17, 15) is 4.79 Å². The smallest absolute Gasteiger partial charge is 0.239 e. The summed E-state index contributed by atoms with van der Waals surface area (Å²) in [5, 5.41) is 0. The van der Waals surface area contributed by atoms with E-state index >= 15 is 0 Å². The first kappa shape index (κ1) is 15.1. The van der Waals surface area contributed by atoms with Crippen molar-refractivity contribution in [1.29, 1.82) is 0 Å². The predicted molar refractivity (Wildman–Crippen MR) is 71.7 cm³/mol. The maximum Gasteiger partial charge on any atom is 0.239 e. The lowest BCUT2D eigenvalue weighted by atomic mass is 10.0. The van der Waals surface area contributed by atoms with E-state index in [1.54, 1.807) is 31.1 Å². The fourth-order valence-corrected chi connectivity index (χ4v) is 1.95. The molecule has 19 heavy (non-hydrogen) atoms. The van der Waals surface area contributed by atoms with Gasteiger partial charge in [0.1, 0.15) is 11.8 Å². The van der Waals surface area contributed by atoms with Gasteiger partial charge in [-0.05, 0) is 20.2 Å². The number of ether oxygens (including phenoxy) is 3. The molecular formula is C13H20N2O4. The van der Waals surface area contributed by atoms with Gasteiger partial charge in [-0.3, -0.25) is 9.69 Å². The highest BCUT2D eigenvalue weighted by Crippen LogP contribution is 2.38. The van der Waals surface area contributed by atoms with Gasteiger partial charge < -0.3 is 19.9 Å². The molecule has 2 N–H and O–H groups in total. The van der Waals surface area contributed by atoms with Crippen molar-refractivity contribution in [2.45, 2.75) is 6.04 Å². The third-order valence-electron chi connectivity index (χ3n) is 2.82. The number of hydrogen-bond donors (Lipinski definition) is 1. The van der Waals surface area contributed by atoms with Gasteiger partial charge in [-0.15, -0.1) is 0 Å². The zero-order valence-corrected chi connectivity index (χ0v) is 11.9. The van der Waals surface area contributed by atoms with Gasteiger partial charge in [-0.25, -0.2) is 0 Å². The maximum atomic E-state index is 11.6. The van der Waals surface area contributed by atoms with E-state index in [-0.39, 0.29) is 0 Å². The topological polar surface area (TPSA) is 74.0 Å². The zero-order valence-electron chi connectivity index (χ0n) is 11.9. The minimum absolute atomic E-state index is 0.462. The molecule has 0 saturated heterocycles. The monoisotopic (exact) mass is 268 g/mol. The number of primary amides is 1. The van der Waals surface area contributed by atoms with Crippen LogP contribution in [0.4, 0.5) is 0 Å². The number of nitrogens with zero attached hydrogens (tertiary/aromatic N) is 1. The molecule has 6 heteroatoms. The Bertz CT molecular complexity index is 460. The van der Waals surface area contributed by atoms with Crippen LogP contribution < -0.4 is 19.9 Å². The Morgan fingerprint density at radius 3 is 1.89 bits per heavy atom. The zero-order chi connectivity index (χ0) is 14.6. The minimum atomic E-state index is -0.602. The summed E-state index contributed by atoms with van der Waals surface area (Å²) < 4.78 is 15.7. The van der Waals surface area contributed by atoms with Crippen molar-refractivity contribution in [2.75, 3.05) is 35.4 Å². The highest BCUT2D eigenvalue weighted by Gasteiger charge is 2.26. The molecule has 6 nitrogen and oxygen atoms in total. The number of amides is 1. The molecule has 0 bridgehead atoms. The molecule has 0 radical (unpaired) electrons. The second-order valence-corrected chi connectivity index (χ2v) is 4.22. The Hall–Kier alpha value is -1.95. The van der Waals surface area contributed by atoms with Crippen molar-refractivity contribution >= 4 is 5.91 Å². The number of likely N-dealkylation sites (N-methyl/N-ethyl adjacent to an activating group) is 1. The fraction of sp³-hybridized carbons (Fsp3) is 0.462. The van der Waals surface area contributed by atoms with E-state index in [0.717, 1.165) is 0 Å². The molecule has 0 aliphatic heterocycles. The van der Waals surface area contributed by atoms with Crippen LogP contribution in [0, 0.1) is 0 Å². The van der Waals surface area contributed by atoms with Gasteiger partial charge in [0, 0.05) is 11.6 Å². The molecule has 0 spiro atoms. The van der Waals surface area contributed by atoms with E-state index in [1.165, 1.54) is 21.3 Å². The summed E-state index contributed by atoms with van der Waals surface area (Å²) in [5.41, 5.74) is 6.08. The van der Waals surface area contributed by atoms with Gasteiger partial charge in [-0.2, -0.15) is 0 Å². The molecule has 1 unspecified atom stereocenters. The molecule has 1 atom stereocenters. The summed E-state index contributed by atoms with van der Waals surface area (Å²) in [7, 11) is 8.13. The van der Waals surface area contributed by atoms with E-state index < -0.39 is 11.9 Å². The van der Waals surface area contributed by atoms with Gasteiger partial charge >= 0.3 is 0 Å². The van der Waals surface area contributed by atoms with Crippen LogP contribution in [0.1, 0.15) is 11.6 Å². The van der Waals surface area contributed by atoms with Gasteiger partial charge in [0.05, 0.1) is 21.3 Å². The third-order valence-corrected chi connectivity index (χ3v) is 2.82. The van der Waals surface area contributed by atoms with Crippen molar-refractivity contribution < 1.29 is 19.0 Å². The predicted octanol–water partition coefficient (Wildman–Crippen LogP) is 0.800. The molecule has 1 rings (SSSR count). The average molecular weight is 268 g/mol. The summed E-state index contributed by atoms with van der Waals surface area (Å²) in [4.78, 5) is 13.3. The number of benzene rings is 1. The molecule has 1 aromatic rings. The van der Waals surface area contributed by atoms with Crippen molar-refractivity contribution in [2.24, 2.45) is 5.73 Å². The molecule has 0 aliphatic carbocycles. The third kappa shape index (κ3) is 3.08. The Balaban J connectivity index is 3.43. The van der Waals surface area contributed by atoms with Crippen molar-refractivity contribution in [3.63, 3.8) is 0 Å². The van der Waals surface area contributed by atoms with Crippen LogP contribution in [0.5, 0.6) is 17.2 Å².